The minimum atomic E-state index is -4.38. The molecule has 4 rings (SSSR count). The summed E-state index contributed by atoms with van der Waals surface area (Å²) in [5.74, 6) is -0.416. The molecule has 0 fully saturated rings. The van der Waals surface area contributed by atoms with Crippen LogP contribution in [0.4, 0.5) is 13.2 Å². The lowest BCUT2D eigenvalue weighted by Gasteiger charge is -2.17. The lowest BCUT2D eigenvalue weighted by molar-refractivity contribution is -0.137. The third-order valence-electron chi connectivity index (χ3n) is 6.25. The van der Waals surface area contributed by atoms with Gasteiger partial charge >= 0.3 is 6.18 Å². The Kier molecular flexibility index (Phi) is 8.71. The van der Waals surface area contributed by atoms with Crippen molar-refractivity contribution in [3.63, 3.8) is 0 Å². The number of nitriles is 1. The molecule has 11 heteroatoms. The van der Waals surface area contributed by atoms with Gasteiger partial charge in [-0.2, -0.15) is 18.4 Å². The van der Waals surface area contributed by atoms with Crippen molar-refractivity contribution in [1.82, 2.24) is 10.3 Å². The molecule has 0 aliphatic rings. The van der Waals surface area contributed by atoms with Crippen molar-refractivity contribution in [3.8, 4) is 17.3 Å². The van der Waals surface area contributed by atoms with Crippen LogP contribution in [0.15, 0.2) is 83.1 Å². The second-order valence-corrected chi connectivity index (χ2v) is 12.2. The van der Waals surface area contributed by atoms with E-state index in [1.807, 2.05) is 11.4 Å². The van der Waals surface area contributed by atoms with Gasteiger partial charge in [0.2, 0.25) is 0 Å². The van der Waals surface area contributed by atoms with Gasteiger partial charge in [-0.15, -0.1) is 11.3 Å². The van der Waals surface area contributed by atoms with Gasteiger partial charge in [0.15, 0.2) is 9.84 Å². The van der Waals surface area contributed by atoms with Crippen molar-refractivity contribution >= 4 is 27.1 Å². The van der Waals surface area contributed by atoms with E-state index >= 15 is 0 Å². The van der Waals surface area contributed by atoms with Gasteiger partial charge in [0.25, 0.3) is 5.91 Å². The summed E-state index contributed by atoms with van der Waals surface area (Å²) in [6.07, 6.45) is -3.98. The number of amides is 1. The average Bonchev–Trinajstić information content (AvgIpc) is 3.41. The fraction of sp³-hybridized carbons (Fsp3) is 0.207. The number of carbonyl (C=O) groups excluding carboxylic acids is 1. The van der Waals surface area contributed by atoms with Crippen LogP contribution >= 0.6 is 11.3 Å². The van der Waals surface area contributed by atoms with E-state index in [0.29, 0.717) is 23.2 Å². The normalized spacial score (nSPS) is 12.5. The van der Waals surface area contributed by atoms with Crippen molar-refractivity contribution in [3.05, 3.63) is 105 Å². The highest BCUT2D eigenvalue weighted by atomic mass is 32.2. The van der Waals surface area contributed by atoms with E-state index in [0.717, 1.165) is 28.3 Å². The maximum atomic E-state index is 12.9. The Morgan fingerprint density at radius 1 is 1.02 bits per heavy atom. The van der Waals surface area contributed by atoms with E-state index in [-0.39, 0.29) is 17.1 Å². The summed E-state index contributed by atoms with van der Waals surface area (Å²) in [5, 5.41) is 14.7. The Balaban J connectivity index is 1.42. The SMILES string of the molecule is CCS(=O)(=O)c1ccc([C@H](CC#N)NC(=O)c2ccc(-c3csc(Cc4ccc(C(F)(F)F)cc4)n3)cc2)cc1. The minimum Gasteiger partial charge on any atom is -0.344 e. The molecule has 1 amide bonds. The summed E-state index contributed by atoms with van der Waals surface area (Å²) >= 11 is 1.39. The Bertz CT molecular complexity index is 1620. The van der Waals surface area contributed by atoms with Crippen molar-refractivity contribution in [2.45, 2.75) is 36.9 Å². The second kappa shape index (κ2) is 12.0. The van der Waals surface area contributed by atoms with Crippen LogP contribution in [0.25, 0.3) is 11.3 Å². The highest BCUT2D eigenvalue weighted by Gasteiger charge is 2.30. The van der Waals surface area contributed by atoms with E-state index in [9.17, 15) is 31.6 Å². The van der Waals surface area contributed by atoms with E-state index in [1.165, 1.54) is 35.6 Å². The van der Waals surface area contributed by atoms with Crippen LogP contribution in [-0.4, -0.2) is 25.1 Å². The molecule has 0 saturated heterocycles. The molecule has 0 saturated carbocycles. The molecule has 0 radical (unpaired) electrons. The molecule has 0 unspecified atom stereocenters. The molecule has 0 aliphatic heterocycles. The highest BCUT2D eigenvalue weighted by Crippen LogP contribution is 2.30. The molecule has 6 nitrogen and oxygen atoms in total. The predicted octanol–water partition coefficient (Wildman–Crippen LogP) is 6.60. The van der Waals surface area contributed by atoms with E-state index in [1.54, 1.807) is 43.3 Å². The highest BCUT2D eigenvalue weighted by molar-refractivity contribution is 7.91. The van der Waals surface area contributed by atoms with Gasteiger partial charge in [-0.1, -0.05) is 43.3 Å². The zero-order valence-electron chi connectivity index (χ0n) is 21.3. The number of alkyl halides is 3. The monoisotopic (exact) mass is 583 g/mol. The molecule has 4 aromatic rings. The molecule has 40 heavy (non-hydrogen) atoms. The number of sulfone groups is 1. The molecule has 0 bridgehead atoms. The van der Waals surface area contributed by atoms with E-state index in [4.69, 9.17) is 0 Å². The van der Waals surface area contributed by atoms with E-state index in [2.05, 4.69) is 10.3 Å². The van der Waals surface area contributed by atoms with Crippen molar-refractivity contribution in [2.75, 3.05) is 5.75 Å². The fourth-order valence-electron chi connectivity index (χ4n) is 3.96. The number of hydrogen-bond donors (Lipinski definition) is 1. The second-order valence-electron chi connectivity index (χ2n) is 8.94. The molecule has 0 spiro atoms. The minimum absolute atomic E-state index is 0.00420. The number of halogens is 3. The molecule has 1 heterocycles. The van der Waals surface area contributed by atoms with Crippen molar-refractivity contribution in [1.29, 1.82) is 5.26 Å². The van der Waals surface area contributed by atoms with Gasteiger partial charge in [-0.05, 0) is 47.5 Å². The predicted molar refractivity (Wildman–Crippen MR) is 146 cm³/mol. The van der Waals surface area contributed by atoms with Gasteiger partial charge < -0.3 is 5.32 Å². The molecule has 206 valence electrons. The van der Waals surface area contributed by atoms with Gasteiger partial charge in [-0.25, -0.2) is 13.4 Å². The summed E-state index contributed by atoms with van der Waals surface area (Å²) in [4.78, 5) is 17.7. The van der Waals surface area contributed by atoms with Crippen LogP contribution in [0.3, 0.4) is 0 Å². The number of nitrogens with one attached hydrogen (secondary N) is 1. The average molecular weight is 584 g/mol. The third kappa shape index (κ3) is 6.94. The topological polar surface area (TPSA) is 99.9 Å². The standard InChI is InChI=1S/C29H24F3N3O3S2/c1-2-40(37,38)24-13-9-20(10-14-24)25(15-16-33)35-28(36)22-7-5-21(6-8-22)26-18-39-27(34-26)17-19-3-11-23(12-4-19)29(30,31)32/h3-14,18,25H,2,15,17H2,1H3,(H,35,36)/t25-/m0/s1. The Hall–Kier alpha value is -4.01. The fourth-order valence-corrected chi connectivity index (χ4v) is 5.68. The molecular weight excluding hydrogens is 559 g/mol. The van der Waals surface area contributed by atoms with Gasteiger partial charge in [-0.3, -0.25) is 4.79 Å². The number of nitrogens with zero attached hydrogens (tertiary/aromatic N) is 2. The number of carbonyl (C=O) groups is 1. The van der Waals surface area contributed by atoms with Crippen LogP contribution in [0.2, 0.25) is 0 Å². The zero-order chi connectivity index (χ0) is 28.9. The smallest absolute Gasteiger partial charge is 0.344 e. The Morgan fingerprint density at radius 2 is 1.68 bits per heavy atom. The first-order chi connectivity index (χ1) is 19.0. The summed E-state index contributed by atoms with van der Waals surface area (Å²) in [5.41, 5.74) is 2.46. The van der Waals surface area contributed by atoms with Crippen LogP contribution in [-0.2, 0) is 22.4 Å². The molecule has 1 N–H and O–H groups in total. The summed E-state index contributed by atoms with van der Waals surface area (Å²) in [6, 6.07) is 19.3. The van der Waals surface area contributed by atoms with Crippen molar-refractivity contribution < 1.29 is 26.4 Å². The quantitative estimate of drug-likeness (QED) is 0.239. The van der Waals surface area contributed by atoms with Crippen LogP contribution in [0.1, 0.15) is 51.4 Å². The molecule has 0 aliphatic carbocycles. The molecule has 1 aromatic heterocycles. The molecular formula is C29H24F3N3O3S2. The number of benzene rings is 3. The Labute approximate surface area is 234 Å². The van der Waals surface area contributed by atoms with Crippen LogP contribution in [0.5, 0.6) is 0 Å². The lowest BCUT2D eigenvalue weighted by Crippen LogP contribution is -2.28. The first-order valence-electron chi connectivity index (χ1n) is 12.2. The summed E-state index contributed by atoms with van der Waals surface area (Å²) < 4.78 is 62.5. The molecule has 3 aromatic carbocycles. The third-order valence-corrected chi connectivity index (χ3v) is 8.85. The number of thiazole rings is 1. The first kappa shape index (κ1) is 29.0. The lowest BCUT2D eigenvalue weighted by atomic mass is 10.0. The molecule has 1 atom stereocenters. The van der Waals surface area contributed by atoms with Crippen molar-refractivity contribution in [2.24, 2.45) is 0 Å². The maximum absolute atomic E-state index is 12.9. The summed E-state index contributed by atoms with van der Waals surface area (Å²) in [6.45, 7) is 1.56. The van der Waals surface area contributed by atoms with E-state index < -0.39 is 33.5 Å². The van der Waals surface area contributed by atoms with Gasteiger partial charge in [0.1, 0.15) is 0 Å². The Morgan fingerprint density at radius 3 is 2.25 bits per heavy atom. The number of aromatic nitrogens is 1. The first-order valence-corrected chi connectivity index (χ1v) is 14.7. The number of hydrogen-bond acceptors (Lipinski definition) is 6. The van der Waals surface area contributed by atoms with Crippen LogP contribution < -0.4 is 5.32 Å². The maximum Gasteiger partial charge on any atom is 0.416 e. The van der Waals surface area contributed by atoms with Gasteiger partial charge in [0.05, 0.1) is 45.4 Å². The zero-order valence-corrected chi connectivity index (χ0v) is 22.9. The number of rotatable bonds is 9. The summed E-state index contributed by atoms with van der Waals surface area (Å²) in [7, 11) is -3.36. The van der Waals surface area contributed by atoms with Gasteiger partial charge in [0, 0.05) is 22.9 Å². The van der Waals surface area contributed by atoms with Crippen LogP contribution in [0, 0.1) is 11.3 Å². The largest absolute Gasteiger partial charge is 0.416 e.